The summed E-state index contributed by atoms with van der Waals surface area (Å²) in [6, 6.07) is 8.21. The van der Waals surface area contributed by atoms with E-state index in [0.717, 1.165) is 11.1 Å². The lowest BCUT2D eigenvalue weighted by molar-refractivity contribution is 0.108. The van der Waals surface area contributed by atoms with Crippen LogP contribution in [0.4, 0.5) is 0 Å². The maximum absolute atomic E-state index is 9.97. The van der Waals surface area contributed by atoms with Crippen LogP contribution in [-0.4, -0.2) is 15.8 Å². The van der Waals surface area contributed by atoms with E-state index >= 15 is 0 Å². The Morgan fingerprint density at radius 1 is 1.29 bits per heavy atom. The molecule has 1 aromatic heterocycles. The first-order chi connectivity index (χ1) is 8.13. The summed E-state index contributed by atoms with van der Waals surface area (Å²) in [4.78, 5) is 0. The van der Waals surface area contributed by atoms with E-state index in [1.807, 2.05) is 32.2 Å². The summed E-state index contributed by atoms with van der Waals surface area (Å²) in [6.07, 6.45) is 1.70. The molecule has 2 rings (SSSR count). The molecule has 0 fully saturated rings. The Hall–Kier alpha value is -1.32. The zero-order valence-electron chi connectivity index (χ0n) is 10.4. The number of rotatable bonds is 4. The number of nitrogens with zero attached hydrogens (tertiary/aromatic N) is 1. The summed E-state index contributed by atoms with van der Waals surface area (Å²) in [5.41, 5.74) is 8.03. The minimum Gasteiger partial charge on any atom is -0.391 e. The second-order valence-corrected chi connectivity index (χ2v) is 4.84. The van der Waals surface area contributed by atoms with Crippen molar-refractivity contribution in [2.75, 3.05) is 0 Å². The van der Waals surface area contributed by atoms with E-state index in [2.05, 4.69) is 16.7 Å². The highest BCUT2D eigenvalue weighted by Crippen LogP contribution is 2.21. The van der Waals surface area contributed by atoms with Crippen molar-refractivity contribution in [3.63, 3.8) is 0 Å². The Morgan fingerprint density at radius 2 is 2.06 bits per heavy atom. The SMILES string of the molecule is CC(C)C(O)Cn1ccc2cccc(CN)c21. The molecule has 0 spiro atoms. The highest BCUT2D eigenvalue weighted by Gasteiger charge is 2.12. The number of hydrogen-bond donors (Lipinski definition) is 2. The van der Waals surface area contributed by atoms with Crippen molar-refractivity contribution in [1.29, 1.82) is 0 Å². The van der Waals surface area contributed by atoms with Gasteiger partial charge in [-0.15, -0.1) is 0 Å². The monoisotopic (exact) mass is 232 g/mol. The van der Waals surface area contributed by atoms with E-state index < -0.39 is 0 Å². The Bertz CT molecular complexity index is 502. The molecule has 3 N–H and O–H groups in total. The summed E-state index contributed by atoms with van der Waals surface area (Å²) in [5, 5.41) is 11.2. The van der Waals surface area contributed by atoms with Gasteiger partial charge in [0.25, 0.3) is 0 Å². The van der Waals surface area contributed by atoms with Crippen LogP contribution in [0.3, 0.4) is 0 Å². The molecule has 17 heavy (non-hydrogen) atoms. The van der Waals surface area contributed by atoms with Crippen molar-refractivity contribution < 1.29 is 5.11 Å². The average molecular weight is 232 g/mol. The Kier molecular flexibility index (Phi) is 3.50. The molecule has 1 unspecified atom stereocenters. The van der Waals surface area contributed by atoms with Gasteiger partial charge < -0.3 is 15.4 Å². The Morgan fingerprint density at radius 3 is 2.71 bits per heavy atom. The molecule has 1 aromatic carbocycles. The van der Waals surface area contributed by atoms with E-state index in [4.69, 9.17) is 5.73 Å². The molecule has 1 atom stereocenters. The second kappa shape index (κ2) is 4.90. The summed E-state index contributed by atoms with van der Waals surface area (Å²) in [5.74, 6) is 0.262. The van der Waals surface area contributed by atoms with Crippen LogP contribution in [0.25, 0.3) is 10.9 Å². The predicted octanol–water partition coefficient (Wildman–Crippen LogP) is 2.12. The van der Waals surface area contributed by atoms with E-state index in [9.17, 15) is 5.11 Å². The molecular formula is C14H20N2O. The minimum atomic E-state index is -0.323. The third kappa shape index (κ3) is 2.35. The van der Waals surface area contributed by atoms with Crippen molar-refractivity contribution in [2.45, 2.75) is 33.0 Å². The van der Waals surface area contributed by atoms with Crippen molar-refractivity contribution in [3.8, 4) is 0 Å². The van der Waals surface area contributed by atoms with Gasteiger partial charge in [-0.1, -0.05) is 32.0 Å². The van der Waals surface area contributed by atoms with E-state index in [1.54, 1.807) is 0 Å². The average Bonchev–Trinajstić information content (AvgIpc) is 2.72. The van der Waals surface area contributed by atoms with Gasteiger partial charge in [0.1, 0.15) is 0 Å². The number of hydrogen-bond acceptors (Lipinski definition) is 2. The van der Waals surface area contributed by atoms with Gasteiger partial charge in [0.05, 0.1) is 11.6 Å². The van der Waals surface area contributed by atoms with Crippen molar-refractivity contribution >= 4 is 10.9 Å². The van der Waals surface area contributed by atoms with Crippen LogP contribution in [0.5, 0.6) is 0 Å². The number of aliphatic hydroxyl groups is 1. The predicted molar refractivity (Wildman–Crippen MR) is 70.7 cm³/mol. The zero-order chi connectivity index (χ0) is 12.4. The number of benzene rings is 1. The van der Waals surface area contributed by atoms with Crippen LogP contribution in [0.15, 0.2) is 30.5 Å². The summed E-state index contributed by atoms with van der Waals surface area (Å²) in [7, 11) is 0. The molecule has 0 bridgehead atoms. The highest BCUT2D eigenvalue weighted by molar-refractivity contribution is 5.83. The van der Waals surface area contributed by atoms with Crippen LogP contribution in [0.1, 0.15) is 19.4 Å². The highest BCUT2D eigenvalue weighted by atomic mass is 16.3. The van der Waals surface area contributed by atoms with Gasteiger partial charge >= 0.3 is 0 Å². The molecule has 0 aliphatic carbocycles. The molecule has 0 saturated carbocycles. The summed E-state index contributed by atoms with van der Waals surface area (Å²) < 4.78 is 2.10. The van der Waals surface area contributed by atoms with Crippen LogP contribution < -0.4 is 5.73 Å². The van der Waals surface area contributed by atoms with Crippen molar-refractivity contribution in [2.24, 2.45) is 11.7 Å². The summed E-state index contributed by atoms with van der Waals surface area (Å²) >= 11 is 0. The van der Waals surface area contributed by atoms with Crippen molar-refractivity contribution in [3.05, 3.63) is 36.0 Å². The molecule has 2 aromatic rings. The number of aliphatic hydroxyl groups excluding tert-OH is 1. The smallest absolute Gasteiger partial charge is 0.0741 e. The molecule has 0 aliphatic heterocycles. The van der Waals surface area contributed by atoms with E-state index in [-0.39, 0.29) is 12.0 Å². The largest absolute Gasteiger partial charge is 0.391 e. The lowest BCUT2D eigenvalue weighted by Gasteiger charge is -2.17. The van der Waals surface area contributed by atoms with Gasteiger partial charge in [-0.2, -0.15) is 0 Å². The first kappa shape index (κ1) is 12.1. The Balaban J connectivity index is 2.41. The van der Waals surface area contributed by atoms with Crippen LogP contribution >= 0.6 is 0 Å². The molecule has 0 amide bonds. The molecule has 0 radical (unpaired) electrons. The molecule has 1 heterocycles. The normalized spacial score (nSPS) is 13.5. The lowest BCUT2D eigenvalue weighted by atomic mass is 10.1. The first-order valence-corrected chi connectivity index (χ1v) is 6.08. The molecule has 0 aliphatic rings. The van der Waals surface area contributed by atoms with Gasteiger partial charge in [-0.25, -0.2) is 0 Å². The van der Waals surface area contributed by atoms with Gasteiger partial charge in [0.2, 0.25) is 0 Å². The second-order valence-electron chi connectivity index (χ2n) is 4.84. The number of fused-ring (bicyclic) bond motifs is 1. The Labute approximate surface area is 102 Å². The fraction of sp³-hybridized carbons (Fsp3) is 0.429. The zero-order valence-corrected chi connectivity index (χ0v) is 10.4. The molecule has 92 valence electrons. The van der Waals surface area contributed by atoms with Crippen LogP contribution in [0, 0.1) is 5.92 Å². The van der Waals surface area contributed by atoms with Gasteiger partial charge in [0, 0.05) is 19.3 Å². The first-order valence-electron chi connectivity index (χ1n) is 6.08. The van der Waals surface area contributed by atoms with Gasteiger partial charge in [-0.3, -0.25) is 0 Å². The van der Waals surface area contributed by atoms with Crippen molar-refractivity contribution in [1.82, 2.24) is 4.57 Å². The molecule has 0 saturated heterocycles. The van der Waals surface area contributed by atoms with E-state index in [1.165, 1.54) is 5.39 Å². The maximum atomic E-state index is 9.97. The molecular weight excluding hydrogens is 212 g/mol. The topological polar surface area (TPSA) is 51.2 Å². The number of nitrogens with two attached hydrogens (primary N) is 1. The lowest BCUT2D eigenvalue weighted by Crippen LogP contribution is -2.21. The standard InChI is InChI=1S/C14H20N2O/c1-10(2)13(17)9-16-7-6-11-4-3-5-12(8-15)14(11)16/h3-7,10,13,17H,8-9,15H2,1-2H3. The number of aromatic nitrogens is 1. The number of para-hydroxylation sites is 1. The minimum absolute atomic E-state index is 0.262. The quantitative estimate of drug-likeness (QED) is 0.848. The fourth-order valence-corrected chi connectivity index (χ4v) is 2.07. The van der Waals surface area contributed by atoms with Gasteiger partial charge in [-0.05, 0) is 22.9 Å². The van der Waals surface area contributed by atoms with E-state index in [0.29, 0.717) is 13.1 Å². The summed E-state index contributed by atoms with van der Waals surface area (Å²) in [6.45, 7) is 5.21. The third-order valence-corrected chi connectivity index (χ3v) is 3.25. The van der Waals surface area contributed by atoms with Crippen LogP contribution in [0.2, 0.25) is 0 Å². The third-order valence-electron chi connectivity index (χ3n) is 3.25. The maximum Gasteiger partial charge on any atom is 0.0741 e. The molecule has 3 heteroatoms. The molecule has 3 nitrogen and oxygen atoms in total. The van der Waals surface area contributed by atoms with Gasteiger partial charge in [0.15, 0.2) is 0 Å². The fourth-order valence-electron chi connectivity index (χ4n) is 2.07. The van der Waals surface area contributed by atoms with Crippen LogP contribution in [-0.2, 0) is 13.1 Å².